The molecule has 92 valence electrons. The van der Waals surface area contributed by atoms with Gasteiger partial charge in [-0.1, -0.05) is 30.3 Å². The fourth-order valence-corrected chi connectivity index (χ4v) is 3.09. The minimum atomic E-state index is 0.384. The maximum Gasteiger partial charge on any atom is 0.161 e. The molecule has 17 heavy (non-hydrogen) atoms. The van der Waals surface area contributed by atoms with Gasteiger partial charge in [0.05, 0.1) is 11.1 Å². The Hall–Kier alpha value is -0.190. The van der Waals surface area contributed by atoms with Crippen LogP contribution in [0.5, 0.6) is 0 Å². The van der Waals surface area contributed by atoms with Crippen molar-refractivity contribution in [3.63, 3.8) is 0 Å². The molecule has 0 saturated heterocycles. The molecule has 1 heterocycles. The number of nitrogens with one attached hydrogen (secondary N) is 1. The molecule has 2 nitrogen and oxygen atoms in total. The van der Waals surface area contributed by atoms with E-state index in [1.807, 2.05) is 18.2 Å². The topological polar surface area (TPSA) is 24.4 Å². The second-order valence-electron chi connectivity index (χ2n) is 4.22. The number of nitrogens with zero attached hydrogens (tertiary/aromatic N) is 1. The number of hydrogen-bond donors (Lipinski definition) is 1. The third-order valence-electron chi connectivity index (χ3n) is 2.80. The molecule has 0 fully saturated rings. The molecule has 2 atom stereocenters. The molecule has 0 bridgehead atoms. The van der Waals surface area contributed by atoms with Crippen molar-refractivity contribution in [1.82, 2.24) is 0 Å². The fraction of sp³-hybridized carbons (Fsp3) is 0.417. The summed E-state index contributed by atoms with van der Waals surface area (Å²) in [6.07, 6.45) is 0. The van der Waals surface area contributed by atoms with E-state index in [9.17, 15) is 0 Å². The van der Waals surface area contributed by atoms with Gasteiger partial charge in [-0.3, -0.25) is 4.99 Å². The second-order valence-corrected chi connectivity index (χ2v) is 6.49. The number of halogens is 2. The molecule has 1 aromatic carbocycles. The van der Waals surface area contributed by atoms with Crippen molar-refractivity contribution in [1.29, 1.82) is 0 Å². The van der Waals surface area contributed by atoms with Crippen LogP contribution < -0.4 is 5.32 Å². The Kier molecular flexibility index (Phi) is 4.39. The van der Waals surface area contributed by atoms with Crippen LogP contribution >= 0.6 is 39.3 Å². The zero-order valence-electron chi connectivity index (χ0n) is 9.71. The second kappa shape index (κ2) is 5.63. The highest BCUT2D eigenvalue weighted by Crippen LogP contribution is 2.28. The minimum Gasteiger partial charge on any atom is -0.335 e. The first-order chi connectivity index (χ1) is 8.06. The van der Waals surface area contributed by atoms with Gasteiger partial charge in [0.15, 0.2) is 5.17 Å². The van der Waals surface area contributed by atoms with E-state index < -0.39 is 0 Å². The fourth-order valence-electron chi connectivity index (χ4n) is 1.46. The molecule has 0 aliphatic carbocycles. The van der Waals surface area contributed by atoms with Gasteiger partial charge >= 0.3 is 0 Å². The van der Waals surface area contributed by atoms with Crippen molar-refractivity contribution in [2.75, 3.05) is 11.1 Å². The maximum atomic E-state index is 5.96. The number of amidine groups is 1. The third-order valence-corrected chi connectivity index (χ3v) is 5.19. The highest BCUT2D eigenvalue weighted by molar-refractivity contribution is 9.10. The number of rotatable bonds is 1. The van der Waals surface area contributed by atoms with Gasteiger partial charge in [-0.05, 0) is 47.0 Å². The molecule has 0 saturated carbocycles. The standard InChI is InChI=1S/C12H14BrClN2S/c1-7-6-17-12(15-8(7)2)16-9-3-4-11(14)10(13)5-9/h3-5,7-8H,6H2,1-2H3,(H,15,16). The molecule has 1 aliphatic heterocycles. The molecule has 0 radical (unpaired) electrons. The maximum absolute atomic E-state index is 5.96. The molecular formula is C12H14BrClN2S. The Morgan fingerprint density at radius 3 is 2.88 bits per heavy atom. The zero-order valence-corrected chi connectivity index (χ0v) is 12.9. The summed E-state index contributed by atoms with van der Waals surface area (Å²) in [6.45, 7) is 4.39. The first-order valence-corrected chi connectivity index (χ1v) is 7.64. The summed E-state index contributed by atoms with van der Waals surface area (Å²) in [5, 5.41) is 5.03. The summed E-state index contributed by atoms with van der Waals surface area (Å²) in [5.74, 6) is 1.75. The smallest absolute Gasteiger partial charge is 0.161 e. The average Bonchev–Trinajstić information content (AvgIpc) is 2.29. The lowest BCUT2D eigenvalue weighted by molar-refractivity contribution is 0.537. The van der Waals surface area contributed by atoms with E-state index in [4.69, 9.17) is 11.6 Å². The molecular weight excluding hydrogens is 320 g/mol. The van der Waals surface area contributed by atoms with Crippen LogP contribution in [0.25, 0.3) is 0 Å². The number of benzene rings is 1. The highest BCUT2D eigenvalue weighted by Gasteiger charge is 2.19. The van der Waals surface area contributed by atoms with Crippen LogP contribution in [0.15, 0.2) is 27.7 Å². The van der Waals surface area contributed by atoms with Gasteiger partial charge in [0, 0.05) is 15.9 Å². The van der Waals surface area contributed by atoms with Crippen molar-refractivity contribution < 1.29 is 0 Å². The Morgan fingerprint density at radius 1 is 1.47 bits per heavy atom. The van der Waals surface area contributed by atoms with Crippen molar-refractivity contribution in [3.8, 4) is 0 Å². The van der Waals surface area contributed by atoms with E-state index >= 15 is 0 Å². The first kappa shape index (κ1) is 13.2. The van der Waals surface area contributed by atoms with Crippen LogP contribution in [0.3, 0.4) is 0 Å². The molecule has 1 aliphatic rings. The molecule has 2 rings (SSSR count). The van der Waals surface area contributed by atoms with Gasteiger partial charge in [0.1, 0.15) is 0 Å². The molecule has 5 heteroatoms. The van der Waals surface area contributed by atoms with Crippen molar-refractivity contribution >= 4 is 50.1 Å². The molecule has 1 aromatic rings. The molecule has 1 N–H and O–H groups in total. The lowest BCUT2D eigenvalue weighted by Crippen LogP contribution is -2.25. The SMILES string of the molecule is CC1CSC(Nc2ccc(Cl)c(Br)c2)=NC1C. The Balaban J connectivity index is 2.11. The van der Waals surface area contributed by atoms with E-state index in [0.29, 0.717) is 12.0 Å². The van der Waals surface area contributed by atoms with Crippen LogP contribution in [-0.4, -0.2) is 17.0 Å². The summed E-state index contributed by atoms with van der Waals surface area (Å²) in [4.78, 5) is 4.63. The van der Waals surface area contributed by atoms with Crippen molar-refractivity contribution in [2.45, 2.75) is 19.9 Å². The normalized spacial score (nSPS) is 24.4. The summed E-state index contributed by atoms with van der Waals surface area (Å²) in [7, 11) is 0. The van der Waals surface area contributed by atoms with Gasteiger partial charge in [0.25, 0.3) is 0 Å². The summed E-state index contributed by atoms with van der Waals surface area (Å²) < 4.78 is 0.895. The summed E-state index contributed by atoms with van der Waals surface area (Å²) in [6, 6.07) is 6.18. The van der Waals surface area contributed by atoms with Gasteiger partial charge in [-0.15, -0.1) is 0 Å². The van der Waals surface area contributed by atoms with Crippen LogP contribution in [0, 0.1) is 5.92 Å². The van der Waals surface area contributed by atoms with Crippen LogP contribution in [0.2, 0.25) is 5.02 Å². The Labute approximate surface area is 119 Å². The van der Waals surface area contributed by atoms with Crippen molar-refractivity contribution in [3.05, 3.63) is 27.7 Å². The van der Waals surface area contributed by atoms with E-state index in [2.05, 4.69) is 40.1 Å². The number of hydrogen-bond acceptors (Lipinski definition) is 3. The number of thioether (sulfide) groups is 1. The largest absolute Gasteiger partial charge is 0.335 e. The van der Waals surface area contributed by atoms with E-state index in [0.717, 1.165) is 26.1 Å². The van der Waals surface area contributed by atoms with Gasteiger partial charge in [-0.25, -0.2) is 0 Å². The van der Waals surface area contributed by atoms with Crippen LogP contribution in [0.4, 0.5) is 5.69 Å². The highest BCUT2D eigenvalue weighted by atomic mass is 79.9. The predicted octanol–water partition coefficient (Wildman–Crippen LogP) is 4.64. The van der Waals surface area contributed by atoms with E-state index in [1.165, 1.54) is 0 Å². The quantitative estimate of drug-likeness (QED) is 0.809. The predicted molar refractivity (Wildman–Crippen MR) is 81.3 cm³/mol. The number of anilines is 1. The third kappa shape index (κ3) is 3.39. The molecule has 0 amide bonds. The van der Waals surface area contributed by atoms with E-state index in [1.54, 1.807) is 11.8 Å². The minimum absolute atomic E-state index is 0.384. The Morgan fingerprint density at radius 2 is 2.24 bits per heavy atom. The van der Waals surface area contributed by atoms with Crippen molar-refractivity contribution in [2.24, 2.45) is 10.9 Å². The van der Waals surface area contributed by atoms with Gasteiger partial charge < -0.3 is 5.32 Å². The average molecular weight is 334 g/mol. The molecule has 0 aromatic heterocycles. The monoisotopic (exact) mass is 332 g/mol. The lowest BCUT2D eigenvalue weighted by atomic mass is 10.1. The van der Waals surface area contributed by atoms with Crippen LogP contribution in [0.1, 0.15) is 13.8 Å². The summed E-state index contributed by atoms with van der Waals surface area (Å²) in [5.41, 5.74) is 1.01. The van der Waals surface area contributed by atoms with E-state index in [-0.39, 0.29) is 0 Å². The van der Waals surface area contributed by atoms with Gasteiger partial charge in [0.2, 0.25) is 0 Å². The first-order valence-electron chi connectivity index (χ1n) is 5.49. The lowest BCUT2D eigenvalue weighted by Gasteiger charge is -2.23. The Bertz CT molecular complexity index is 450. The van der Waals surface area contributed by atoms with Crippen LogP contribution in [-0.2, 0) is 0 Å². The summed E-state index contributed by atoms with van der Waals surface area (Å²) >= 11 is 11.1. The van der Waals surface area contributed by atoms with Gasteiger partial charge in [-0.2, -0.15) is 0 Å². The molecule has 0 spiro atoms. The molecule has 2 unspecified atom stereocenters. The zero-order chi connectivity index (χ0) is 12.4. The number of aliphatic imine (C=N–C) groups is 1.